The first kappa shape index (κ1) is 12.7. The van der Waals surface area contributed by atoms with Gasteiger partial charge < -0.3 is 5.32 Å². The molecule has 0 saturated carbocycles. The van der Waals surface area contributed by atoms with Crippen LogP contribution in [0, 0.1) is 13.8 Å². The van der Waals surface area contributed by atoms with E-state index >= 15 is 0 Å². The lowest BCUT2D eigenvalue weighted by atomic mass is 10.2. The van der Waals surface area contributed by atoms with Crippen molar-refractivity contribution >= 4 is 22.7 Å². The van der Waals surface area contributed by atoms with Crippen molar-refractivity contribution in [3.05, 3.63) is 38.0 Å². The molecule has 0 aliphatic carbocycles. The van der Waals surface area contributed by atoms with Crippen LogP contribution in [0.2, 0.25) is 0 Å². The third kappa shape index (κ3) is 3.15. The maximum Gasteiger partial charge on any atom is 0.107 e. The summed E-state index contributed by atoms with van der Waals surface area (Å²) < 4.78 is 0. The van der Waals surface area contributed by atoms with Gasteiger partial charge in [0.05, 0.1) is 5.69 Å². The van der Waals surface area contributed by atoms with E-state index in [1.807, 2.05) is 11.3 Å². The lowest BCUT2D eigenvalue weighted by molar-refractivity contribution is 0.525. The molecule has 0 saturated heterocycles. The molecule has 1 N–H and O–H groups in total. The van der Waals surface area contributed by atoms with Crippen LogP contribution in [0.4, 0.5) is 0 Å². The summed E-state index contributed by atoms with van der Waals surface area (Å²) in [6.07, 6.45) is 1.11. The summed E-state index contributed by atoms with van der Waals surface area (Å²) in [5.74, 6) is 0. The second kappa shape index (κ2) is 5.76. The lowest BCUT2D eigenvalue weighted by Crippen LogP contribution is -2.19. The predicted molar refractivity (Wildman–Crippen MR) is 75.8 cm³/mol. The Morgan fingerprint density at radius 2 is 2.24 bits per heavy atom. The van der Waals surface area contributed by atoms with E-state index in [1.54, 1.807) is 11.3 Å². The molecular formula is C13H18N2S2. The number of hydrogen-bond donors (Lipinski definition) is 1. The molecule has 0 aromatic carbocycles. The zero-order chi connectivity index (χ0) is 12.3. The maximum absolute atomic E-state index is 4.56. The Morgan fingerprint density at radius 1 is 1.41 bits per heavy atom. The van der Waals surface area contributed by atoms with Crippen molar-refractivity contribution in [1.29, 1.82) is 0 Å². The number of thiazole rings is 1. The van der Waals surface area contributed by atoms with Crippen LogP contribution in [0.1, 0.15) is 39.8 Å². The molecule has 2 nitrogen and oxygen atoms in total. The summed E-state index contributed by atoms with van der Waals surface area (Å²) in [6.45, 7) is 7.30. The summed E-state index contributed by atoms with van der Waals surface area (Å²) in [6, 6.07) is 4.77. The molecule has 0 bridgehead atoms. The number of aryl methyl sites for hydroxylation is 2. The first-order valence-electron chi connectivity index (χ1n) is 5.90. The highest BCUT2D eigenvalue weighted by atomic mass is 32.1. The van der Waals surface area contributed by atoms with Crippen molar-refractivity contribution in [3.63, 3.8) is 0 Å². The van der Waals surface area contributed by atoms with Crippen LogP contribution < -0.4 is 5.32 Å². The highest BCUT2D eigenvalue weighted by Gasteiger charge is 2.11. The maximum atomic E-state index is 4.56. The van der Waals surface area contributed by atoms with Crippen LogP contribution >= 0.6 is 22.7 Å². The van der Waals surface area contributed by atoms with Gasteiger partial charge in [-0.05, 0) is 31.7 Å². The Kier molecular flexibility index (Phi) is 4.31. The zero-order valence-corrected chi connectivity index (χ0v) is 12.1. The number of aromatic nitrogens is 1. The highest BCUT2D eigenvalue weighted by Crippen LogP contribution is 2.23. The summed E-state index contributed by atoms with van der Waals surface area (Å²) >= 11 is 3.61. The van der Waals surface area contributed by atoms with Crippen molar-refractivity contribution in [3.8, 4) is 0 Å². The minimum atomic E-state index is 0.458. The molecule has 0 aliphatic rings. The van der Waals surface area contributed by atoms with Crippen molar-refractivity contribution < 1.29 is 0 Å². The summed E-state index contributed by atoms with van der Waals surface area (Å²) in [7, 11) is 0. The number of nitrogens with one attached hydrogen (secondary N) is 1. The molecule has 0 radical (unpaired) electrons. The minimum Gasteiger partial charge on any atom is -0.303 e. The molecule has 2 heterocycles. The van der Waals surface area contributed by atoms with Gasteiger partial charge in [-0.25, -0.2) is 4.98 Å². The Labute approximate surface area is 111 Å². The zero-order valence-electron chi connectivity index (χ0n) is 10.5. The highest BCUT2D eigenvalue weighted by molar-refractivity contribution is 7.11. The Morgan fingerprint density at radius 3 is 2.76 bits per heavy atom. The van der Waals surface area contributed by atoms with Crippen molar-refractivity contribution in [2.24, 2.45) is 0 Å². The van der Waals surface area contributed by atoms with Crippen LogP contribution in [0.15, 0.2) is 17.5 Å². The molecule has 0 amide bonds. The van der Waals surface area contributed by atoms with Gasteiger partial charge in [0.1, 0.15) is 5.01 Å². The van der Waals surface area contributed by atoms with Gasteiger partial charge in [0.15, 0.2) is 0 Å². The predicted octanol–water partition coefficient (Wildman–Crippen LogP) is 4.06. The smallest absolute Gasteiger partial charge is 0.107 e. The topological polar surface area (TPSA) is 24.9 Å². The van der Waals surface area contributed by atoms with Crippen LogP contribution in [-0.4, -0.2) is 4.98 Å². The summed E-state index contributed by atoms with van der Waals surface area (Å²) in [5.41, 5.74) is 1.16. The molecule has 17 heavy (non-hydrogen) atoms. The molecular weight excluding hydrogens is 248 g/mol. The Bertz CT molecular complexity index is 440. The van der Waals surface area contributed by atoms with Gasteiger partial charge in [-0.2, -0.15) is 0 Å². The van der Waals surface area contributed by atoms with Gasteiger partial charge >= 0.3 is 0 Å². The average molecular weight is 266 g/mol. The largest absolute Gasteiger partial charge is 0.303 e. The van der Waals surface area contributed by atoms with E-state index in [1.165, 1.54) is 14.8 Å². The third-order valence-electron chi connectivity index (χ3n) is 2.87. The molecule has 2 aromatic heterocycles. The van der Waals surface area contributed by atoms with Gasteiger partial charge in [-0.1, -0.05) is 13.0 Å². The standard InChI is InChI=1S/C13H18N2S2/c1-4-11(12-6-5-7-16-12)14-8-13-15-9(2)10(3)17-13/h5-7,11,14H,4,8H2,1-3H3. The molecule has 2 aromatic rings. The van der Waals surface area contributed by atoms with Gasteiger partial charge in [-0.3, -0.25) is 0 Å². The lowest BCUT2D eigenvalue weighted by Gasteiger charge is -2.14. The number of nitrogens with zero attached hydrogens (tertiary/aromatic N) is 1. The van der Waals surface area contributed by atoms with E-state index in [0.29, 0.717) is 6.04 Å². The van der Waals surface area contributed by atoms with Crippen LogP contribution in [0.3, 0.4) is 0 Å². The molecule has 1 atom stereocenters. The molecule has 1 unspecified atom stereocenters. The SMILES string of the molecule is CCC(NCc1nc(C)c(C)s1)c1cccs1. The number of hydrogen-bond acceptors (Lipinski definition) is 4. The first-order chi connectivity index (χ1) is 8.20. The van der Waals surface area contributed by atoms with Crippen molar-refractivity contribution in [1.82, 2.24) is 10.3 Å². The van der Waals surface area contributed by atoms with Crippen molar-refractivity contribution in [2.75, 3.05) is 0 Å². The molecule has 0 aliphatic heterocycles. The summed E-state index contributed by atoms with van der Waals surface area (Å²) in [4.78, 5) is 7.30. The van der Waals surface area contributed by atoms with E-state index < -0.39 is 0 Å². The van der Waals surface area contributed by atoms with Crippen LogP contribution in [-0.2, 0) is 6.54 Å². The van der Waals surface area contributed by atoms with E-state index in [4.69, 9.17) is 0 Å². The normalized spacial score (nSPS) is 12.9. The second-order valence-electron chi connectivity index (χ2n) is 4.11. The molecule has 2 rings (SSSR count). The van der Waals surface area contributed by atoms with E-state index in [0.717, 1.165) is 18.7 Å². The quantitative estimate of drug-likeness (QED) is 0.882. The molecule has 4 heteroatoms. The van der Waals surface area contributed by atoms with Crippen LogP contribution in [0.25, 0.3) is 0 Å². The Balaban J connectivity index is 1.97. The van der Waals surface area contributed by atoms with Gasteiger partial charge in [0.2, 0.25) is 0 Å². The second-order valence-corrected chi connectivity index (χ2v) is 6.37. The first-order valence-corrected chi connectivity index (χ1v) is 7.60. The fraction of sp³-hybridized carbons (Fsp3) is 0.462. The molecule has 0 spiro atoms. The fourth-order valence-electron chi connectivity index (χ4n) is 1.76. The van der Waals surface area contributed by atoms with Gasteiger partial charge in [-0.15, -0.1) is 22.7 Å². The fourth-order valence-corrected chi connectivity index (χ4v) is 3.53. The summed E-state index contributed by atoms with van der Waals surface area (Å²) in [5, 5.41) is 6.91. The number of thiophene rings is 1. The minimum absolute atomic E-state index is 0.458. The third-order valence-corrected chi connectivity index (χ3v) is 4.93. The van der Waals surface area contributed by atoms with Crippen LogP contribution in [0.5, 0.6) is 0 Å². The average Bonchev–Trinajstić information content (AvgIpc) is 2.92. The number of rotatable bonds is 5. The molecule has 92 valence electrons. The van der Waals surface area contributed by atoms with E-state index in [-0.39, 0.29) is 0 Å². The van der Waals surface area contributed by atoms with Gasteiger partial charge in [0, 0.05) is 22.3 Å². The monoisotopic (exact) mass is 266 g/mol. The Hall–Kier alpha value is -0.710. The van der Waals surface area contributed by atoms with E-state index in [2.05, 4.69) is 48.6 Å². The van der Waals surface area contributed by atoms with Crippen molar-refractivity contribution in [2.45, 2.75) is 39.8 Å². The molecule has 0 fully saturated rings. The van der Waals surface area contributed by atoms with Gasteiger partial charge in [0.25, 0.3) is 0 Å². The van der Waals surface area contributed by atoms with E-state index in [9.17, 15) is 0 Å².